The maximum absolute atomic E-state index is 12.1. The Balaban J connectivity index is 0.00000200. The SMILES string of the molecule is CNC(=O)C1CCCN1C(=O)CNc1ccccc1.Cl. The van der Waals surface area contributed by atoms with Crippen LogP contribution in [-0.4, -0.2) is 42.9 Å². The number of hydrogen-bond acceptors (Lipinski definition) is 3. The third-order valence-corrected chi connectivity index (χ3v) is 3.34. The molecule has 1 unspecified atom stereocenters. The number of anilines is 1. The Morgan fingerprint density at radius 2 is 2.00 bits per heavy atom. The van der Waals surface area contributed by atoms with E-state index in [0.717, 1.165) is 18.5 Å². The molecule has 0 bridgehead atoms. The molecule has 1 saturated heterocycles. The number of likely N-dealkylation sites (tertiary alicyclic amines) is 1. The van der Waals surface area contributed by atoms with Gasteiger partial charge in [-0.2, -0.15) is 0 Å². The van der Waals surface area contributed by atoms with Gasteiger partial charge in [-0.3, -0.25) is 9.59 Å². The van der Waals surface area contributed by atoms with Gasteiger partial charge in [-0.15, -0.1) is 12.4 Å². The summed E-state index contributed by atoms with van der Waals surface area (Å²) in [5.41, 5.74) is 0.909. The van der Waals surface area contributed by atoms with E-state index in [-0.39, 0.29) is 36.8 Å². The first-order valence-electron chi connectivity index (χ1n) is 6.52. The van der Waals surface area contributed by atoms with E-state index in [4.69, 9.17) is 0 Å². The lowest BCUT2D eigenvalue weighted by Crippen LogP contribution is -2.46. The molecule has 1 aromatic carbocycles. The van der Waals surface area contributed by atoms with Gasteiger partial charge in [0.1, 0.15) is 6.04 Å². The molecule has 1 aliphatic rings. The molecule has 2 N–H and O–H groups in total. The summed E-state index contributed by atoms with van der Waals surface area (Å²) in [6, 6.07) is 9.26. The second-order valence-corrected chi connectivity index (χ2v) is 4.58. The highest BCUT2D eigenvalue weighted by Gasteiger charge is 2.32. The molecule has 1 atom stereocenters. The highest BCUT2D eigenvalue weighted by molar-refractivity contribution is 5.89. The molecule has 1 aromatic rings. The lowest BCUT2D eigenvalue weighted by molar-refractivity contribution is -0.136. The number of carbonyl (C=O) groups is 2. The zero-order valence-electron chi connectivity index (χ0n) is 11.5. The van der Waals surface area contributed by atoms with Crippen molar-refractivity contribution < 1.29 is 9.59 Å². The van der Waals surface area contributed by atoms with Crippen molar-refractivity contribution in [3.63, 3.8) is 0 Å². The standard InChI is InChI=1S/C14H19N3O2.ClH/c1-15-14(19)12-8-5-9-17(12)13(18)10-16-11-6-3-2-4-7-11;/h2-4,6-7,12,16H,5,8-10H2,1H3,(H,15,19);1H. The van der Waals surface area contributed by atoms with Crippen LogP contribution >= 0.6 is 12.4 Å². The number of likely N-dealkylation sites (N-methyl/N-ethyl adjacent to an activating group) is 1. The molecule has 0 saturated carbocycles. The predicted octanol–water partition coefficient (Wildman–Crippen LogP) is 1.26. The lowest BCUT2D eigenvalue weighted by Gasteiger charge is -2.23. The number of amides is 2. The molecule has 0 spiro atoms. The van der Waals surface area contributed by atoms with E-state index >= 15 is 0 Å². The number of rotatable bonds is 4. The minimum atomic E-state index is -0.310. The fourth-order valence-corrected chi connectivity index (χ4v) is 2.34. The van der Waals surface area contributed by atoms with Gasteiger partial charge in [0.05, 0.1) is 6.54 Å². The van der Waals surface area contributed by atoms with E-state index in [1.165, 1.54) is 0 Å². The van der Waals surface area contributed by atoms with Gasteiger partial charge in [-0.1, -0.05) is 18.2 Å². The summed E-state index contributed by atoms with van der Waals surface area (Å²) in [5, 5.41) is 5.69. The Morgan fingerprint density at radius 3 is 2.65 bits per heavy atom. The average Bonchev–Trinajstić information content (AvgIpc) is 2.94. The van der Waals surface area contributed by atoms with Crippen LogP contribution in [0.25, 0.3) is 0 Å². The molecule has 1 heterocycles. The minimum absolute atomic E-state index is 0. The van der Waals surface area contributed by atoms with Crippen molar-refractivity contribution in [3.8, 4) is 0 Å². The van der Waals surface area contributed by atoms with Crippen LogP contribution in [0.2, 0.25) is 0 Å². The first kappa shape index (κ1) is 16.3. The number of nitrogens with zero attached hydrogens (tertiary/aromatic N) is 1. The van der Waals surface area contributed by atoms with E-state index in [1.807, 2.05) is 30.3 Å². The second kappa shape index (κ2) is 7.75. The van der Waals surface area contributed by atoms with E-state index in [9.17, 15) is 9.59 Å². The van der Waals surface area contributed by atoms with Gasteiger partial charge in [0.15, 0.2) is 0 Å². The summed E-state index contributed by atoms with van der Waals surface area (Å²) in [6.07, 6.45) is 1.63. The number of carbonyl (C=O) groups excluding carboxylic acids is 2. The van der Waals surface area contributed by atoms with Crippen LogP contribution in [0.3, 0.4) is 0 Å². The van der Waals surface area contributed by atoms with Crippen LogP contribution in [0.15, 0.2) is 30.3 Å². The monoisotopic (exact) mass is 297 g/mol. The molecule has 1 aliphatic heterocycles. The van der Waals surface area contributed by atoms with Gasteiger partial charge < -0.3 is 15.5 Å². The molecule has 0 aromatic heterocycles. The molecule has 6 heteroatoms. The highest BCUT2D eigenvalue weighted by atomic mass is 35.5. The number of para-hydroxylation sites is 1. The van der Waals surface area contributed by atoms with Crippen molar-refractivity contribution >= 4 is 29.9 Å². The van der Waals surface area contributed by atoms with Crippen molar-refractivity contribution in [3.05, 3.63) is 30.3 Å². The zero-order valence-corrected chi connectivity index (χ0v) is 12.3. The Hall–Kier alpha value is -1.75. The van der Waals surface area contributed by atoms with Crippen LogP contribution in [-0.2, 0) is 9.59 Å². The minimum Gasteiger partial charge on any atom is -0.376 e. The van der Waals surface area contributed by atoms with Gasteiger partial charge in [0.25, 0.3) is 0 Å². The van der Waals surface area contributed by atoms with Crippen molar-refractivity contribution in [2.75, 3.05) is 25.5 Å². The third kappa shape index (κ3) is 3.87. The van der Waals surface area contributed by atoms with Crippen LogP contribution in [0.5, 0.6) is 0 Å². The fraction of sp³-hybridized carbons (Fsp3) is 0.429. The van der Waals surface area contributed by atoms with Gasteiger partial charge in [-0.05, 0) is 25.0 Å². The molecule has 20 heavy (non-hydrogen) atoms. The zero-order chi connectivity index (χ0) is 13.7. The molecular formula is C14H20ClN3O2. The van der Waals surface area contributed by atoms with Gasteiger partial charge in [-0.25, -0.2) is 0 Å². The lowest BCUT2D eigenvalue weighted by atomic mass is 10.2. The summed E-state index contributed by atoms with van der Waals surface area (Å²) in [6.45, 7) is 0.880. The Kier molecular flexibility index (Phi) is 6.31. The maximum atomic E-state index is 12.1. The normalized spacial score (nSPS) is 17.2. The van der Waals surface area contributed by atoms with E-state index in [1.54, 1.807) is 11.9 Å². The third-order valence-electron chi connectivity index (χ3n) is 3.34. The maximum Gasteiger partial charge on any atom is 0.242 e. The van der Waals surface area contributed by atoms with Crippen LogP contribution in [0, 0.1) is 0 Å². The highest BCUT2D eigenvalue weighted by Crippen LogP contribution is 2.17. The summed E-state index contributed by atoms with van der Waals surface area (Å²) < 4.78 is 0. The first-order chi connectivity index (χ1) is 9.22. The quantitative estimate of drug-likeness (QED) is 0.879. The number of nitrogens with one attached hydrogen (secondary N) is 2. The van der Waals surface area contributed by atoms with Crippen molar-refractivity contribution in [1.29, 1.82) is 0 Å². The van der Waals surface area contributed by atoms with Crippen LogP contribution < -0.4 is 10.6 Å². The molecule has 2 amide bonds. The Bertz CT molecular complexity index is 453. The van der Waals surface area contributed by atoms with Crippen molar-refractivity contribution in [1.82, 2.24) is 10.2 Å². The Morgan fingerprint density at radius 1 is 1.30 bits per heavy atom. The number of halogens is 1. The predicted molar refractivity (Wildman–Crippen MR) is 81.0 cm³/mol. The van der Waals surface area contributed by atoms with E-state index < -0.39 is 0 Å². The molecule has 0 aliphatic carbocycles. The van der Waals surface area contributed by atoms with Gasteiger partial charge in [0, 0.05) is 19.3 Å². The fourth-order valence-electron chi connectivity index (χ4n) is 2.34. The number of benzene rings is 1. The molecule has 1 fully saturated rings. The smallest absolute Gasteiger partial charge is 0.242 e. The average molecular weight is 298 g/mol. The molecule has 5 nitrogen and oxygen atoms in total. The molecule has 2 rings (SSSR count). The molecular weight excluding hydrogens is 278 g/mol. The largest absolute Gasteiger partial charge is 0.376 e. The summed E-state index contributed by atoms with van der Waals surface area (Å²) >= 11 is 0. The van der Waals surface area contributed by atoms with E-state index in [0.29, 0.717) is 6.54 Å². The Labute approximate surface area is 125 Å². The first-order valence-corrected chi connectivity index (χ1v) is 6.52. The summed E-state index contributed by atoms with van der Waals surface area (Å²) in [5.74, 6) is -0.111. The van der Waals surface area contributed by atoms with Crippen LogP contribution in [0.1, 0.15) is 12.8 Å². The summed E-state index contributed by atoms with van der Waals surface area (Å²) in [7, 11) is 1.60. The van der Waals surface area contributed by atoms with Crippen molar-refractivity contribution in [2.45, 2.75) is 18.9 Å². The van der Waals surface area contributed by atoms with Crippen LogP contribution in [0.4, 0.5) is 5.69 Å². The topological polar surface area (TPSA) is 61.4 Å². The molecule has 0 radical (unpaired) electrons. The summed E-state index contributed by atoms with van der Waals surface area (Å²) in [4.78, 5) is 25.5. The van der Waals surface area contributed by atoms with Crippen molar-refractivity contribution in [2.24, 2.45) is 0 Å². The van der Waals surface area contributed by atoms with E-state index in [2.05, 4.69) is 10.6 Å². The second-order valence-electron chi connectivity index (χ2n) is 4.58. The van der Waals surface area contributed by atoms with Gasteiger partial charge >= 0.3 is 0 Å². The van der Waals surface area contributed by atoms with Gasteiger partial charge in [0.2, 0.25) is 11.8 Å². The number of hydrogen-bond donors (Lipinski definition) is 2. The molecule has 110 valence electrons.